The van der Waals surface area contributed by atoms with Crippen LogP contribution in [0.25, 0.3) is 0 Å². The maximum absolute atomic E-state index is 13.5. The van der Waals surface area contributed by atoms with Crippen molar-refractivity contribution in [1.82, 2.24) is 9.97 Å². The molecule has 1 aromatic heterocycles. The topological polar surface area (TPSA) is 64.1 Å². The summed E-state index contributed by atoms with van der Waals surface area (Å²) in [6, 6.07) is 1.76. The van der Waals surface area contributed by atoms with Gasteiger partial charge in [0.05, 0.1) is 25.2 Å². The van der Waals surface area contributed by atoms with Gasteiger partial charge in [-0.3, -0.25) is 4.98 Å². The number of hydrogen-bond acceptors (Lipinski definition) is 5. The number of nitrogens with one attached hydrogen (secondary N) is 1. The highest BCUT2D eigenvalue weighted by Crippen LogP contribution is 2.22. The molecular weight excluding hydrogens is 275 g/mol. The van der Waals surface area contributed by atoms with Gasteiger partial charge in [-0.15, -0.1) is 0 Å². The molecule has 0 aliphatic rings. The van der Waals surface area contributed by atoms with Crippen LogP contribution in [0.4, 0.5) is 24.7 Å². The van der Waals surface area contributed by atoms with Gasteiger partial charge in [0.2, 0.25) is 0 Å². The Morgan fingerprint density at radius 1 is 1.20 bits per heavy atom. The van der Waals surface area contributed by atoms with Crippen LogP contribution in [0, 0.1) is 17.5 Å². The van der Waals surface area contributed by atoms with Crippen molar-refractivity contribution in [2.75, 3.05) is 12.4 Å². The highest BCUT2D eigenvalue weighted by molar-refractivity contribution is 5.87. The third-order valence-corrected chi connectivity index (χ3v) is 2.33. The summed E-state index contributed by atoms with van der Waals surface area (Å²) in [5.74, 6) is -5.05. The van der Waals surface area contributed by atoms with E-state index in [1.54, 1.807) is 0 Å². The predicted molar refractivity (Wildman–Crippen MR) is 63.0 cm³/mol. The number of anilines is 2. The van der Waals surface area contributed by atoms with Gasteiger partial charge in [-0.25, -0.2) is 22.9 Å². The molecule has 0 spiro atoms. The number of carbonyl (C=O) groups excluding carboxylic acids is 1. The monoisotopic (exact) mass is 283 g/mol. The molecule has 0 aliphatic heterocycles. The number of ether oxygens (including phenoxy) is 1. The second kappa shape index (κ2) is 5.55. The molecule has 1 N–H and O–H groups in total. The minimum Gasteiger partial charge on any atom is -0.464 e. The normalized spacial score (nSPS) is 10.2. The van der Waals surface area contributed by atoms with Crippen LogP contribution in [0.1, 0.15) is 10.5 Å². The molecule has 0 atom stereocenters. The second-order valence-corrected chi connectivity index (χ2v) is 3.63. The van der Waals surface area contributed by atoms with Gasteiger partial charge < -0.3 is 10.1 Å². The van der Waals surface area contributed by atoms with Crippen molar-refractivity contribution in [3.63, 3.8) is 0 Å². The molecule has 20 heavy (non-hydrogen) atoms. The molecule has 1 heterocycles. The van der Waals surface area contributed by atoms with Crippen LogP contribution in [-0.2, 0) is 4.74 Å². The zero-order valence-corrected chi connectivity index (χ0v) is 10.2. The van der Waals surface area contributed by atoms with Crippen LogP contribution in [0.5, 0.6) is 0 Å². The Balaban J connectivity index is 2.31. The van der Waals surface area contributed by atoms with Gasteiger partial charge in [0, 0.05) is 0 Å². The van der Waals surface area contributed by atoms with E-state index in [0.717, 1.165) is 18.3 Å². The number of carbonyl (C=O) groups is 1. The average molecular weight is 283 g/mol. The fourth-order valence-electron chi connectivity index (χ4n) is 1.39. The summed E-state index contributed by atoms with van der Waals surface area (Å²) in [5.41, 5.74) is -0.444. The standard InChI is InChI=1S/C12H8F3N3O2/c1-20-12(19)8-4-16-5-9(18-8)17-7-3-2-6(13)10(14)11(7)15/h2-5H,1H3,(H,17,18). The average Bonchev–Trinajstić information content (AvgIpc) is 2.47. The van der Waals surface area contributed by atoms with Crippen molar-refractivity contribution in [1.29, 1.82) is 0 Å². The lowest BCUT2D eigenvalue weighted by atomic mass is 10.3. The van der Waals surface area contributed by atoms with Crippen LogP contribution in [0.2, 0.25) is 0 Å². The molecule has 8 heteroatoms. The fourth-order valence-corrected chi connectivity index (χ4v) is 1.39. The van der Waals surface area contributed by atoms with Gasteiger partial charge in [0.1, 0.15) is 5.82 Å². The van der Waals surface area contributed by atoms with E-state index in [1.165, 1.54) is 13.3 Å². The minimum absolute atomic E-state index is 0.0159. The predicted octanol–water partition coefficient (Wildman–Crippen LogP) is 2.42. The first-order chi connectivity index (χ1) is 9.52. The van der Waals surface area contributed by atoms with E-state index in [2.05, 4.69) is 20.0 Å². The van der Waals surface area contributed by atoms with Crippen LogP contribution in [0.3, 0.4) is 0 Å². The van der Waals surface area contributed by atoms with Crippen LogP contribution >= 0.6 is 0 Å². The molecule has 0 amide bonds. The van der Waals surface area contributed by atoms with Gasteiger partial charge in [-0.2, -0.15) is 0 Å². The van der Waals surface area contributed by atoms with E-state index in [9.17, 15) is 18.0 Å². The van der Waals surface area contributed by atoms with Crippen molar-refractivity contribution in [3.05, 3.63) is 47.7 Å². The summed E-state index contributed by atoms with van der Waals surface area (Å²) < 4.78 is 43.7. The fraction of sp³-hybridized carbons (Fsp3) is 0.0833. The Labute approximate surface area is 111 Å². The molecular formula is C12H8F3N3O2. The molecule has 0 aliphatic carbocycles. The molecule has 0 unspecified atom stereocenters. The summed E-state index contributed by atoms with van der Waals surface area (Å²) in [6.07, 6.45) is 2.34. The van der Waals surface area contributed by atoms with E-state index in [-0.39, 0.29) is 17.2 Å². The number of hydrogen-bond donors (Lipinski definition) is 1. The largest absolute Gasteiger partial charge is 0.464 e. The summed E-state index contributed by atoms with van der Waals surface area (Å²) in [4.78, 5) is 18.8. The highest BCUT2D eigenvalue weighted by Gasteiger charge is 2.15. The number of aromatic nitrogens is 2. The number of esters is 1. The van der Waals surface area contributed by atoms with Crippen LogP contribution in [-0.4, -0.2) is 23.0 Å². The summed E-state index contributed by atoms with van der Waals surface area (Å²) in [7, 11) is 1.17. The zero-order valence-electron chi connectivity index (χ0n) is 10.2. The minimum atomic E-state index is -1.60. The number of halogens is 3. The van der Waals surface area contributed by atoms with E-state index in [4.69, 9.17) is 0 Å². The molecule has 0 saturated heterocycles. The lowest BCUT2D eigenvalue weighted by Crippen LogP contribution is -2.07. The summed E-state index contributed by atoms with van der Waals surface area (Å²) >= 11 is 0. The van der Waals surface area contributed by atoms with E-state index in [1.807, 2.05) is 0 Å². The maximum Gasteiger partial charge on any atom is 0.358 e. The third-order valence-electron chi connectivity index (χ3n) is 2.33. The lowest BCUT2D eigenvalue weighted by molar-refractivity contribution is 0.0593. The SMILES string of the molecule is COC(=O)c1cncc(Nc2ccc(F)c(F)c2F)n1. The molecule has 1 aromatic carbocycles. The lowest BCUT2D eigenvalue weighted by Gasteiger charge is -2.08. The van der Waals surface area contributed by atoms with Gasteiger partial charge in [-0.05, 0) is 12.1 Å². The molecule has 0 radical (unpaired) electrons. The zero-order chi connectivity index (χ0) is 14.7. The number of rotatable bonds is 3. The van der Waals surface area contributed by atoms with Crippen molar-refractivity contribution < 1.29 is 22.7 Å². The third kappa shape index (κ3) is 2.68. The van der Waals surface area contributed by atoms with Crippen molar-refractivity contribution >= 4 is 17.5 Å². The Hall–Kier alpha value is -2.64. The summed E-state index contributed by atoms with van der Waals surface area (Å²) in [6.45, 7) is 0. The first-order valence-electron chi connectivity index (χ1n) is 5.34. The van der Waals surface area contributed by atoms with Crippen LogP contribution < -0.4 is 5.32 Å². The quantitative estimate of drug-likeness (QED) is 0.692. The van der Waals surface area contributed by atoms with E-state index >= 15 is 0 Å². The molecule has 0 bridgehead atoms. The van der Waals surface area contributed by atoms with Crippen molar-refractivity contribution in [2.45, 2.75) is 0 Å². The molecule has 5 nitrogen and oxygen atoms in total. The Kier molecular flexibility index (Phi) is 3.83. The first-order valence-corrected chi connectivity index (χ1v) is 5.34. The molecule has 0 saturated carbocycles. The molecule has 2 aromatic rings. The van der Waals surface area contributed by atoms with Gasteiger partial charge in [0.25, 0.3) is 0 Å². The number of nitrogens with zero attached hydrogens (tertiary/aromatic N) is 2. The Bertz CT molecular complexity index is 664. The maximum atomic E-state index is 13.5. The summed E-state index contributed by atoms with van der Waals surface area (Å²) in [5, 5.41) is 2.40. The van der Waals surface area contributed by atoms with Crippen molar-refractivity contribution in [3.8, 4) is 0 Å². The highest BCUT2D eigenvalue weighted by atomic mass is 19.2. The van der Waals surface area contributed by atoms with Gasteiger partial charge in [-0.1, -0.05) is 0 Å². The second-order valence-electron chi connectivity index (χ2n) is 3.63. The van der Waals surface area contributed by atoms with Gasteiger partial charge in [0.15, 0.2) is 23.1 Å². The number of methoxy groups -OCH3 is 1. The Morgan fingerprint density at radius 3 is 2.65 bits per heavy atom. The molecule has 2 rings (SSSR count). The van der Waals surface area contributed by atoms with E-state index in [0.29, 0.717) is 0 Å². The van der Waals surface area contributed by atoms with Crippen LogP contribution in [0.15, 0.2) is 24.5 Å². The number of benzene rings is 1. The van der Waals surface area contributed by atoms with Gasteiger partial charge >= 0.3 is 5.97 Å². The van der Waals surface area contributed by atoms with Crippen molar-refractivity contribution in [2.24, 2.45) is 0 Å². The van der Waals surface area contributed by atoms with E-state index < -0.39 is 23.4 Å². The Morgan fingerprint density at radius 2 is 1.95 bits per heavy atom. The molecule has 104 valence electrons. The first kappa shape index (κ1) is 13.8. The molecule has 0 fully saturated rings. The smallest absolute Gasteiger partial charge is 0.358 e.